The van der Waals surface area contributed by atoms with Crippen LogP contribution in [0.25, 0.3) is 0 Å². The highest BCUT2D eigenvalue weighted by Crippen LogP contribution is 2.21. The zero-order chi connectivity index (χ0) is 10.0. The molecule has 1 heterocycles. The van der Waals surface area contributed by atoms with Crippen LogP contribution >= 0.6 is 11.6 Å². The van der Waals surface area contributed by atoms with Crippen molar-refractivity contribution in [3.63, 3.8) is 0 Å². The molecule has 0 aliphatic heterocycles. The first-order valence-electron chi connectivity index (χ1n) is 4.42. The SMILES string of the molecule is CCC(O)Cc1c(Cl)c(C)nn1C. The molecule has 0 spiro atoms. The molecule has 1 aromatic heterocycles. The third-order valence-electron chi connectivity index (χ3n) is 2.16. The van der Waals surface area contributed by atoms with E-state index in [0.717, 1.165) is 17.8 Å². The largest absolute Gasteiger partial charge is 0.393 e. The number of halogens is 1. The first-order valence-corrected chi connectivity index (χ1v) is 4.80. The average molecular weight is 203 g/mol. The fourth-order valence-electron chi connectivity index (χ4n) is 1.27. The molecule has 74 valence electrons. The van der Waals surface area contributed by atoms with Gasteiger partial charge >= 0.3 is 0 Å². The summed E-state index contributed by atoms with van der Waals surface area (Å²) in [6.07, 6.45) is 0.986. The van der Waals surface area contributed by atoms with E-state index in [2.05, 4.69) is 5.10 Å². The molecule has 1 aromatic rings. The van der Waals surface area contributed by atoms with Crippen molar-refractivity contribution in [2.24, 2.45) is 7.05 Å². The number of nitrogens with zero attached hydrogens (tertiary/aromatic N) is 2. The van der Waals surface area contributed by atoms with Crippen LogP contribution in [-0.2, 0) is 13.5 Å². The van der Waals surface area contributed by atoms with E-state index in [4.69, 9.17) is 11.6 Å². The Labute approximate surface area is 83.3 Å². The first-order chi connectivity index (χ1) is 6.06. The molecule has 4 heteroatoms. The van der Waals surface area contributed by atoms with Crippen molar-refractivity contribution < 1.29 is 5.11 Å². The molecule has 13 heavy (non-hydrogen) atoms. The normalized spacial score (nSPS) is 13.3. The number of aliphatic hydroxyl groups is 1. The van der Waals surface area contributed by atoms with Gasteiger partial charge in [-0.2, -0.15) is 5.10 Å². The highest BCUT2D eigenvalue weighted by Gasteiger charge is 2.13. The molecule has 3 nitrogen and oxygen atoms in total. The number of rotatable bonds is 3. The average Bonchev–Trinajstić information content (AvgIpc) is 2.32. The van der Waals surface area contributed by atoms with Gasteiger partial charge in [-0.25, -0.2) is 0 Å². The van der Waals surface area contributed by atoms with Gasteiger partial charge in [-0.3, -0.25) is 4.68 Å². The Hall–Kier alpha value is -0.540. The van der Waals surface area contributed by atoms with Crippen molar-refractivity contribution in [2.75, 3.05) is 0 Å². The van der Waals surface area contributed by atoms with E-state index in [0.29, 0.717) is 11.4 Å². The van der Waals surface area contributed by atoms with E-state index >= 15 is 0 Å². The Morgan fingerprint density at radius 2 is 2.23 bits per heavy atom. The Kier molecular flexibility index (Phi) is 3.33. The minimum absolute atomic E-state index is 0.327. The predicted octanol–water partition coefficient (Wildman–Crippen LogP) is 1.70. The quantitative estimate of drug-likeness (QED) is 0.810. The van der Waals surface area contributed by atoms with Gasteiger partial charge in [0, 0.05) is 13.5 Å². The van der Waals surface area contributed by atoms with Crippen LogP contribution in [0.2, 0.25) is 5.02 Å². The van der Waals surface area contributed by atoms with Crippen molar-refractivity contribution >= 4 is 11.6 Å². The van der Waals surface area contributed by atoms with Crippen LogP contribution in [-0.4, -0.2) is 21.0 Å². The number of aryl methyl sites for hydroxylation is 2. The second-order valence-electron chi connectivity index (χ2n) is 3.24. The molecular formula is C9H15ClN2O. The monoisotopic (exact) mass is 202 g/mol. The van der Waals surface area contributed by atoms with Gasteiger partial charge in [-0.05, 0) is 13.3 Å². The Morgan fingerprint density at radius 3 is 2.62 bits per heavy atom. The maximum Gasteiger partial charge on any atom is 0.0847 e. The number of hydrogen-bond donors (Lipinski definition) is 1. The van der Waals surface area contributed by atoms with Crippen LogP contribution in [0.3, 0.4) is 0 Å². The highest BCUT2D eigenvalue weighted by atomic mass is 35.5. The van der Waals surface area contributed by atoms with Crippen LogP contribution in [0.4, 0.5) is 0 Å². The van der Waals surface area contributed by atoms with Gasteiger partial charge < -0.3 is 5.11 Å². The molecule has 0 saturated carbocycles. The predicted molar refractivity (Wildman–Crippen MR) is 53.0 cm³/mol. The minimum Gasteiger partial charge on any atom is -0.393 e. The van der Waals surface area contributed by atoms with Gasteiger partial charge in [-0.15, -0.1) is 0 Å². The molecule has 0 radical (unpaired) electrons. The second kappa shape index (κ2) is 4.11. The van der Waals surface area contributed by atoms with Gasteiger partial charge in [0.1, 0.15) is 0 Å². The van der Waals surface area contributed by atoms with E-state index in [9.17, 15) is 5.11 Å². The summed E-state index contributed by atoms with van der Waals surface area (Å²) in [5.74, 6) is 0. The zero-order valence-electron chi connectivity index (χ0n) is 8.21. The fraction of sp³-hybridized carbons (Fsp3) is 0.667. The lowest BCUT2D eigenvalue weighted by Gasteiger charge is -2.07. The lowest BCUT2D eigenvalue weighted by molar-refractivity contribution is 0.168. The van der Waals surface area contributed by atoms with Gasteiger partial charge in [0.2, 0.25) is 0 Å². The minimum atomic E-state index is -0.327. The zero-order valence-corrected chi connectivity index (χ0v) is 8.97. The molecule has 1 rings (SSSR count). The summed E-state index contributed by atoms with van der Waals surface area (Å²) >= 11 is 6.02. The van der Waals surface area contributed by atoms with Crippen LogP contribution in [0.1, 0.15) is 24.7 Å². The molecule has 1 N–H and O–H groups in total. The maximum atomic E-state index is 9.47. The second-order valence-corrected chi connectivity index (χ2v) is 3.61. The summed E-state index contributed by atoms with van der Waals surface area (Å²) in [5.41, 5.74) is 1.73. The highest BCUT2D eigenvalue weighted by molar-refractivity contribution is 6.31. The summed E-state index contributed by atoms with van der Waals surface area (Å²) in [4.78, 5) is 0. The molecule has 1 atom stereocenters. The molecular weight excluding hydrogens is 188 g/mol. The number of aromatic nitrogens is 2. The van der Waals surface area contributed by atoms with Crippen molar-refractivity contribution in [2.45, 2.75) is 32.8 Å². The third-order valence-corrected chi connectivity index (χ3v) is 2.65. The molecule has 0 aliphatic carbocycles. The number of aliphatic hydroxyl groups excluding tert-OH is 1. The fourth-order valence-corrected chi connectivity index (χ4v) is 1.51. The summed E-state index contributed by atoms with van der Waals surface area (Å²) in [6.45, 7) is 3.81. The molecule has 0 saturated heterocycles. The standard InChI is InChI=1S/C9H15ClN2O/c1-4-7(13)5-8-9(10)6(2)11-12(8)3/h7,13H,4-5H2,1-3H3. The van der Waals surface area contributed by atoms with Gasteiger partial charge in [0.05, 0.1) is 22.5 Å². The van der Waals surface area contributed by atoms with E-state index in [1.165, 1.54) is 0 Å². The lowest BCUT2D eigenvalue weighted by atomic mass is 10.1. The molecule has 0 aliphatic rings. The van der Waals surface area contributed by atoms with Gasteiger partial charge in [0.25, 0.3) is 0 Å². The van der Waals surface area contributed by atoms with Crippen LogP contribution in [0, 0.1) is 6.92 Å². The summed E-state index contributed by atoms with van der Waals surface area (Å²) < 4.78 is 1.73. The molecule has 0 aromatic carbocycles. The summed E-state index contributed by atoms with van der Waals surface area (Å²) in [7, 11) is 1.84. The van der Waals surface area contributed by atoms with Gasteiger partial charge in [0.15, 0.2) is 0 Å². The summed E-state index contributed by atoms with van der Waals surface area (Å²) in [6, 6.07) is 0. The maximum absolute atomic E-state index is 9.47. The van der Waals surface area contributed by atoms with E-state index < -0.39 is 0 Å². The van der Waals surface area contributed by atoms with Crippen molar-refractivity contribution in [1.82, 2.24) is 9.78 Å². The van der Waals surface area contributed by atoms with E-state index in [1.807, 2.05) is 20.9 Å². The Balaban J connectivity index is 2.87. The Morgan fingerprint density at radius 1 is 1.62 bits per heavy atom. The molecule has 0 fully saturated rings. The van der Waals surface area contributed by atoms with Crippen LogP contribution < -0.4 is 0 Å². The van der Waals surface area contributed by atoms with Crippen molar-refractivity contribution in [3.05, 3.63) is 16.4 Å². The molecule has 0 amide bonds. The van der Waals surface area contributed by atoms with Crippen LogP contribution in [0.5, 0.6) is 0 Å². The van der Waals surface area contributed by atoms with Crippen LogP contribution in [0.15, 0.2) is 0 Å². The first kappa shape index (κ1) is 10.5. The van der Waals surface area contributed by atoms with E-state index in [1.54, 1.807) is 4.68 Å². The number of hydrogen-bond acceptors (Lipinski definition) is 2. The summed E-state index contributed by atoms with van der Waals surface area (Å²) in [5, 5.41) is 14.3. The Bertz CT molecular complexity index is 296. The van der Waals surface area contributed by atoms with E-state index in [-0.39, 0.29) is 6.10 Å². The van der Waals surface area contributed by atoms with Crippen molar-refractivity contribution in [1.29, 1.82) is 0 Å². The lowest BCUT2D eigenvalue weighted by Crippen LogP contribution is -2.12. The van der Waals surface area contributed by atoms with Crippen molar-refractivity contribution in [3.8, 4) is 0 Å². The molecule has 1 unspecified atom stereocenters. The smallest absolute Gasteiger partial charge is 0.0847 e. The third kappa shape index (κ3) is 2.23. The van der Waals surface area contributed by atoms with Gasteiger partial charge in [-0.1, -0.05) is 18.5 Å². The molecule has 0 bridgehead atoms. The topological polar surface area (TPSA) is 38.1 Å².